The molecule has 0 unspecified atom stereocenters. The highest BCUT2D eigenvalue weighted by Gasteiger charge is 2.22. The molecule has 6 nitrogen and oxygen atoms in total. The van der Waals surface area contributed by atoms with Gasteiger partial charge >= 0.3 is 0 Å². The molecule has 0 atom stereocenters. The van der Waals surface area contributed by atoms with Gasteiger partial charge in [-0.25, -0.2) is 18.7 Å². The fourth-order valence-electron chi connectivity index (χ4n) is 3.25. The smallest absolute Gasteiger partial charge is 0.251 e. The quantitative estimate of drug-likeness (QED) is 0.754. The average Bonchev–Trinajstić information content (AvgIpc) is 2.96. The summed E-state index contributed by atoms with van der Waals surface area (Å²) in [4.78, 5) is 28.3. The molecule has 4 rings (SSSR count). The molecule has 0 amide bonds. The molecule has 2 aromatic heterocycles. The van der Waals surface area contributed by atoms with Gasteiger partial charge in [0.1, 0.15) is 23.3 Å². The molecule has 0 saturated heterocycles. The Morgan fingerprint density at radius 2 is 2.04 bits per heavy atom. The Balaban J connectivity index is 1.56. The second-order valence-electron chi connectivity index (χ2n) is 6.42. The highest BCUT2D eigenvalue weighted by Crippen LogP contribution is 2.25. The summed E-state index contributed by atoms with van der Waals surface area (Å²) in [5, 5.41) is 0. The largest absolute Gasteiger partial charge is 0.340 e. The third kappa shape index (κ3) is 3.28. The van der Waals surface area contributed by atoms with Gasteiger partial charge in [-0.2, -0.15) is 0 Å². The van der Waals surface area contributed by atoms with E-state index in [9.17, 15) is 13.6 Å². The molecule has 0 aliphatic carbocycles. The number of rotatable bonds is 3. The lowest BCUT2D eigenvalue weighted by molar-refractivity contribution is 0.238. The Morgan fingerprint density at radius 3 is 2.81 bits per heavy atom. The third-order valence-electron chi connectivity index (χ3n) is 4.40. The van der Waals surface area contributed by atoms with E-state index in [2.05, 4.69) is 24.8 Å². The summed E-state index contributed by atoms with van der Waals surface area (Å²) in [6, 6.07) is 4.95. The number of aryl methyl sites for hydroxylation is 1. The molecule has 0 saturated carbocycles. The highest BCUT2D eigenvalue weighted by atomic mass is 19.1. The van der Waals surface area contributed by atoms with E-state index in [1.807, 2.05) is 0 Å². The van der Waals surface area contributed by atoms with Gasteiger partial charge in [0.15, 0.2) is 0 Å². The van der Waals surface area contributed by atoms with Crippen molar-refractivity contribution in [3.05, 3.63) is 69.2 Å². The van der Waals surface area contributed by atoms with E-state index in [0.717, 1.165) is 24.0 Å². The lowest BCUT2D eigenvalue weighted by Gasteiger charge is -2.25. The van der Waals surface area contributed by atoms with Crippen LogP contribution in [-0.2, 0) is 19.5 Å². The lowest BCUT2D eigenvalue weighted by atomic mass is 10.1. The summed E-state index contributed by atoms with van der Waals surface area (Å²) in [6.45, 7) is 3.65. The van der Waals surface area contributed by atoms with E-state index >= 15 is 0 Å². The van der Waals surface area contributed by atoms with Gasteiger partial charge in [-0.15, -0.1) is 0 Å². The Labute approximate surface area is 147 Å². The van der Waals surface area contributed by atoms with Gasteiger partial charge in [0, 0.05) is 38.2 Å². The molecule has 3 heterocycles. The van der Waals surface area contributed by atoms with Crippen LogP contribution in [-0.4, -0.2) is 31.4 Å². The lowest BCUT2D eigenvalue weighted by Crippen LogP contribution is -2.31. The molecule has 1 aliphatic rings. The fraction of sp³-hybridized carbons (Fsp3) is 0.278. The monoisotopic (exact) mass is 357 g/mol. The number of nitrogens with one attached hydrogen (secondary N) is 2. The number of halogens is 2. The molecular formula is C18H17F2N5O. The third-order valence-corrected chi connectivity index (χ3v) is 4.40. The Morgan fingerprint density at radius 1 is 1.19 bits per heavy atom. The Bertz CT molecular complexity index is 1030. The summed E-state index contributed by atoms with van der Waals surface area (Å²) in [7, 11) is 0. The van der Waals surface area contributed by atoms with Crippen molar-refractivity contribution >= 4 is 0 Å². The highest BCUT2D eigenvalue weighted by molar-refractivity contribution is 5.57. The maximum absolute atomic E-state index is 14.0. The minimum Gasteiger partial charge on any atom is -0.340 e. The van der Waals surface area contributed by atoms with Crippen molar-refractivity contribution < 1.29 is 8.78 Å². The summed E-state index contributed by atoms with van der Waals surface area (Å²) in [5.41, 5.74) is 2.57. The van der Waals surface area contributed by atoms with Crippen LogP contribution in [0.25, 0.3) is 11.4 Å². The van der Waals surface area contributed by atoms with Gasteiger partial charge in [-0.3, -0.25) is 9.69 Å². The van der Waals surface area contributed by atoms with Crippen LogP contribution in [0.4, 0.5) is 8.78 Å². The molecule has 0 radical (unpaired) electrons. The van der Waals surface area contributed by atoms with Gasteiger partial charge in [0.2, 0.25) is 0 Å². The zero-order chi connectivity index (χ0) is 18.3. The van der Waals surface area contributed by atoms with E-state index in [1.54, 1.807) is 6.92 Å². The molecule has 8 heteroatoms. The van der Waals surface area contributed by atoms with Gasteiger partial charge < -0.3 is 9.97 Å². The number of imidazole rings is 1. The second kappa shape index (κ2) is 6.45. The maximum Gasteiger partial charge on any atom is 0.251 e. The number of hydrogen-bond acceptors (Lipinski definition) is 4. The number of benzene rings is 1. The molecule has 134 valence electrons. The summed E-state index contributed by atoms with van der Waals surface area (Å²) in [6.07, 6.45) is 0.705. The summed E-state index contributed by atoms with van der Waals surface area (Å²) >= 11 is 0. The fourth-order valence-corrected chi connectivity index (χ4v) is 3.25. The first-order chi connectivity index (χ1) is 12.5. The number of aromatic nitrogens is 4. The molecule has 2 N–H and O–H groups in total. The van der Waals surface area contributed by atoms with Crippen molar-refractivity contribution in [2.75, 3.05) is 6.54 Å². The van der Waals surface area contributed by atoms with E-state index < -0.39 is 11.6 Å². The first-order valence-electron chi connectivity index (χ1n) is 8.30. The SMILES string of the molecule is Cc1nc(CN2CCc3nc(-c4ccc(F)cc4F)[nH]c3C2)cc(=O)[nH]1. The van der Waals surface area contributed by atoms with Crippen LogP contribution in [0.5, 0.6) is 0 Å². The van der Waals surface area contributed by atoms with E-state index in [4.69, 9.17) is 0 Å². The number of aromatic amines is 2. The normalized spacial score (nSPS) is 14.4. The van der Waals surface area contributed by atoms with Gasteiger partial charge in [-0.05, 0) is 19.1 Å². The number of H-pyrrole nitrogens is 2. The Hall–Kier alpha value is -2.87. The van der Waals surface area contributed by atoms with Crippen LogP contribution in [0.15, 0.2) is 29.1 Å². The second-order valence-corrected chi connectivity index (χ2v) is 6.42. The zero-order valence-corrected chi connectivity index (χ0v) is 14.1. The first kappa shape index (κ1) is 16.6. The van der Waals surface area contributed by atoms with Crippen LogP contribution in [0.3, 0.4) is 0 Å². The van der Waals surface area contributed by atoms with Crippen molar-refractivity contribution in [2.45, 2.75) is 26.4 Å². The molecule has 0 spiro atoms. The van der Waals surface area contributed by atoms with Crippen LogP contribution in [0.2, 0.25) is 0 Å². The number of nitrogens with zero attached hydrogens (tertiary/aromatic N) is 3. The first-order valence-corrected chi connectivity index (χ1v) is 8.30. The minimum absolute atomic E-state index is 0.166. The van der Waals surface area contributed by atoms with E-state index in [-0.39, 0.29) is 11.1 Å². The van der Waals surface area contributed by atoms with Crippen LogP contribution in [0, 0.1) is 18.6 Å². The predicted octanol–water partition coefficient (Wildman–Crippen LogP) is 2.30. The standard InChI is InChI=1S/C18H17F2N5O/c1-10-21-12(7-17(26)22-10)8-25-5-4-15-16(9-25)24-18(23-15)13-3-2-11(19)6-14(13)20/h2-3,6-7H,4-5,8-9H2,1H3,(H,23,24)(H,21,22,26). The minimum atomic E-state index is -0.642. The average molecular weight is 357 g/mol. The molecule has 1 aromatic carbocycles. The van der Waals surface area contributed by atoms with Crippen LogP contribution in [0.1, 0.15) is 22.9 Å². The molecule has 0 bridgehead atoms. The molecule has 1 aliphatic heterocycles. The van der Waals surface area contributed by atoms with E-state index in [0.29, 0.717) is 36.9 Å². The van der Waals surface area contributed by atoms with Crippen LogP contribution < -0.4 is 5.56 Å². The van der Waals surface area contributed by atoms with Crippen molar-refractivity contribution in [1.82, 2.24) is 24.8 Å². The number of fused-ring (bicyclic) bond motifs is 1. The number of hydrogen-bond donors (Lipinski definition) is 2. The van der Waals surface area contributed by atoms with E-state index in [1.165, 1.54) is 18.2 Å². The van der Waals surface area contributed by atoms with Crippen molar-refractivity contribution in [2.24, 2.45) is 0 Å². The maximum atomic E-state index is 14.0. The molecular weight excluding hydrogens is 340 g/mol. The molecule has 26 heavy (non-hydrogen) atoms. The van der Waals surface area contributed by atoms with Crippen LogP contribution >= 0.6 is 0 Å². The van der Waals surface area contributed by atoms with Gasteiger partial charge in [0.25, 0.3) is 5.56 Å². The summed E-state index contributed by atoms with van der Waals surface area (Å²) < 4.78 is 27.1. The Kier molecular flexibility index (Phi) is 4.12. The summed E-state index contributed by atoms with van der Waals surface area (Å²) in [5.74, 6) is -0.272. The molecule has 0 fully saturated rings. The topological polar surface area (TPSA) is 77.7 Å². The van der Waals surface area contributed by atoms with Crippen molar-refractivity contribution in [3.63, 3.8) is 0 Å². The zero-order valence-electron chi connectivity index (χ0n) is 14.1. The van der Waals surface area contributed by atoms with Crippen molar-refractivity contribution in [3.8, 4) is 11.4 Å². The predicted molar refractivity (Wildman–Crippen MR) is 91.4 cm³/mol. The van der Waals surface area contributed by atoms with Gasteiger partial charge in [-0.1, -0.05) is 0 Å². The van der Waals surface area contributed by atoms with Crippen molar-refractivity contribution in [1.29, 1.82) is 0 Å². The van der Waals surface area contributed by atoms with Gasteiger partial charge in [0.05, 0.1) is 22.6 Å². The molecule has 3 aromatic rings.